The summed E-state index contributed by atoms with van der Waals surface area (Å²) in [6.07, 6.45) is 4.51. The van der Waals surface area contributed by atoms with Gasteiger partial charge in [0.25, 0.3) is 0 Å². The number of rotatable bonds is 3. The minimum atomic E-state index is -0.531. The molecule has 0 spiro atoms. The minimum Gasteiger partial charge on any atom is -0.443 e. The van der Waals surface area contributed by atoms with E-state index in [1.54, 1.807) is 17.3 Å². The number of nitrogens with zero attached hydrogens (tertiary/aromatic N) is 6. The van der Waals surface area contributed by atoms with E-state index in [2.05, 4.69) is 25.8 Å². The Hall–Kier alpha value is -3.20. The third-order valence-corrected chi connectivity index (χ3v) is 6.65. The molecule has 2 aromatic rings. The van der Waals surface area contributed by atoms with Crippen molar-refractivity contribution in [2.24, 2.45) is 0 Å². The van der Waals surface area contributed by atoms with E-state index in [0.717, 1.165) is 55.5 Å². The molecule has 5 rings (SSSR count). The standard InChI is InChI=1S/C25H32N6O3/c1-25(2,3)34-24(33)30-10-7-18-15-19(5-6-21(18)30)31-17-20(16-22(31)32)28-11-13-29(14-12-28)23-26-8-4-9-27-23/h4-6,8-9,15,20H,7,10-14,16-17H2,1-3H3. The monoisotopic (exact) mass is 464 g/mol. The first kappa shape index (κ1) is 22.6. The van der Waals surface area contributed by atoms with Gasteiger partial charge in [-0.25, -0.2) is 14.8 Å². The summed E-state index contributed by atoms with van der Waals surface area (Å²) in [6.45, 7) is 10.4. The third kappa shape index (κ3) is 4.57. The second kappa shape index (κ2) is 8.87. The van der Waals surface area contributed by atoms with E-state index in [4.69, 9.17) is 4.74 Å². The van der Waals surface area contributed by atoms with E-state index in [1.807, 2.05) is 43.9 Å². The van der Waals surface area contributed by atoms with Crippen molar-refractivity contribution in [2.45, 2.75) is 45.3 Å². The summed E-state index contributed by atoms with van der Waals surface area (Å²) in [4.78, 5) is 42.4. The van der Waals surface area contributed by atoms with Crippen LogP contribution in [0.2, 0.25) is 0 Å². The first-order valence-corrected chi connectivity index (χ1v) is 12.0. The predicted molar refractivity (Wildman–Crippen MR) is 130 cm³/mol. The maximum absolute atomic E-state index is 12.9. The van der Waals surface area contributed by atoms with Gasteiger partial charge >= 0.3 is 6.09 Å². The smallest absolute Gasteiger partial charge is 0.414 e. The zero-order valence-electron chi connectivity index (χ0n) is 20.1. The van der Waals surface area contributed by atoms with E-state index in [9.17, 15) is 9.59 Å². The topological polar surface area (TPSA) is 82.1 Å². The quantitative estimate of drug-likeness (QED) is 0.691. The molecule has 9 nitrogen and oxygen atoms in total. The molecule has 2 amide bonds. The van der Waals surface area contributed by atoms with Crippen LogP contribution in [0.3, 0.4) is 0 Å². The Labute approximate surface area is 200 Å². The summed E-state index contributed by atoms with van der Waals surface area (Å²) in [5.74, 6) is 0.922. The van der Waals surface area contributed by atoms with Crippen LogP contribution in [-0.4, -0.2) is 77.8 Å². The van der Waals surface area contributed by atoms with Gasteiger partial charge in [0.2, 0.25) is 11.9 Å². The van der Waals surface area contributed by atoms with Gasteiger partial charge in [0.15, 0.2) is 0 Å². The molecule has 9 heteroatoms. The van der Waals surface area contributed by atoms with Crippen LogP contribution in [0.15, 0.2) is 36.7 Å². The Kier molecular flexibility index (Phi) is 5.89. The van der Waals surface area contributed by atoms with Gasteiger partial charge in [-0.05, 0) is 57.0 Å². The van der Waals surface area contributed by atoms with Gasteiger partial charge in [-0.3, -0.25) is 14.6 Å². The normalized spacial score (nSPS) is 21.2. The number of aromatic nitrogens is 2. The number of fused-ring (bicyclic) bond motifs is 1. The molecule has 34 heavy (non-hydrogen) atoms. The van der Waals surface area contributed by atoms with Crippen LogP contribution >= 0.6 is 0 Å². The summed E-state index contributed by atoms with van der Waals surface area (Å²) >= 11 is 0. The lowest BCUT2D eigenvalue weighted by atomic mass is 10.1. The van der Waals surface area contributed by atoms with Gasteiger partial charge in [-0.1, -0.05) is 0 Å². The molecule has 1 aromatic carbocycles. The summed E-state index contributed by atoms with van der Waals surface area (Å²) in [7, 11) is 0. The highest BCUT2D eigenvalue weighted by atomic mass is 16.6. The van der Waals surface area contributed by atoms with Crippen molar-refractivity contribution in [3.8, 4) is 0 Å². The summed E-state index contributed by atoms with van der Waals surface area (Å²) in [6, 6.07) is 7.99. The van der Waals surface area contributed by atoms with E-state index in [-0.39, 0.29) is 18.0 Å². The van der Waals surface area contributed by atoms with Crippen molar-refractivity contribution in [1.82, 2.24) is 14.9 Å². The Morgan fingerprint density at radius 2 is 1.79 bits per heavy atom. The molecule has 1 atom stereocenters. The molecule has 3 aliphatic heterocycles. The molecule has 2 saturated heterocycles. The molecule has 0 aliphatic carbocycles. The summed E-state index contributed by atoms with van der Waals surface area (Å²) in [5.41, 5.74) is 2.33. The van der Waals surface area contributed by atoms with Gasteiger partial charge in [-0.15, -0.1) is 0 Å². The first-order chi connectivity index (χ1) is 16.3. The molecule has 0 N–H and O–H groups in total. The predicted octanol–water partition coefficient (Wildman–Crippen LogP) is 2.70. The average molecular weight is 465 g/mol. The van der Waals surface area contributed by atoms with Gasteiger partial charge in [0.05, 0.1) is 5.69 Å². The lowest BCUT2D eigenvalue weighted by Crippen LogP contribution is -2.51. The maximum Gasteiger partial charge on any atom is 0.414 e. The summed E-state index contributed by atoms with van der Waals surface area (Å²) < 4.78 is 5.55. The highest BCUT2D eigenvalue weighted by molar-refractivity contribution is 5.97. The van der Waals surface area contributed by atoms with Crippen molar-refractivity contribution in [3.05, 3.63) is 42.2 Å². The fourth-order valence-electron chi connectivity index (χ4n) is 4.99. The number of hydrogen-bond acceptors (Lipinski definition) is 7. The number of carbonyl (C=O) groups excluding carboxylic acids is 2. The molecule has 180 valence electrons. The molecule has 0 bridgehead atoms. The molecule has 0 saturated carbocycles. The zero-order valence-corrected chi connectivity index (χ0v) is 20.1. The highest BCUT2D eigenvalue weighted by Crippen LogP contribution is 2.34. The molecule has 1 aromatic heterocycles. The molecular weight excluding hydrogens is 432 g/mol. The third-order valence-electron chi connectivity index (χ3n) is 6.65. The lowest BCUT2D eigenvalue weighted by molar-refractivity contribution is -0.117. The minimum absolute atomic E-state index is 0.153. The molecule has 2 fully saturated rings. The Morgan fingerprint density at radius 3 is 2.50 bits per heavy atom. The number of piperazine rings is 1. The van der Waals surface area contributed by atoms with Crippen LogP contribution in [-0.2, 0) is 16.0 Å². The second-order valence-electron chi connectivity index (χ2n) is 10.1. The molecule has 1 unspecified atom stereocenters. The van der Waals surface area contributed by atoms with Crippen molar-refractivity contribution in [2.75, 3.05) is 54.0 Å². The fourth-order valence-corrected chi connectivity index (χ4v) is 4.99. The van der Waals surface area contributed by atoms with Gasteiger partial charge in [0, 0.05) is 69.8 Å². The number of ether oxygens (including phenoxy) is 1. The largest absolute Gasteiger partial charge is 0.443 e. The van der Waals surface area contributed by atoms with Crippen molar-refractivity contribution < 1.29 is 14.3 Å². The number of anilines is 3. The lowest BCUT2D eigenvalue weighted by Gasteiger charge is -2.37. The zero-order chi connectivity index (χ0) is 23.9. The van der Waals surface area contributed by atoms with Crippen LogP contribution in [0.5, 0.6) is 0 Å². The van der Waals surface area contributed by atoms with E-state index in [0.29, 0.717) is 19.5 Å². The Morgan fingerprint density at radius 1 is 1.06 bits per heavy atom. The molecule has 0 radical (unpaired) electrons. The number of hydrogen-bond donors (Lipinski definition) is 0. The van der Waals surface area contributed by atoms with Crippen LogP contribution < -0.4 is 14.7 Å². The van der Waals surface area contributed by atoms with Gasteiger partial charge in [-0.2, -0.15) is 0 Å². The van der Waals surface area contributed by atoms with Crippen LogP contribution in [0.25, 0.3) is 0 Å². The Balaban J connectivity index is 1.22. The highest BCUT2D eigenvalue weighted by Gasteiger charge is 2.37. The van der Waals surface area contributed by atoms with Crippen molar-refractivity contribution >= 4 is 29.3 Å². The van der Waals surface area contributed by atoms with E-state index >= 15 is 0 Å². The van der Waals surface area contributed by atoms with Crippen LogP contribution in [0.4, 0.5) is 22.1 Å². The number of carbonyl (C=O) groups is 2. The number of benzene rings is 1. The maximum atomic E-state index is 12.9. The van der Waals surface area contributed by atoms with E-state index in [1.165, 1.54) is 0 Å². The molecule has 3 aliphatic rings. The second-order valence-corrected chi connectivity index (χ2v) is 10.1. The van der Waals surface area contributed by atoms with Crippen LogP contribution in [0.1, 0.15) is 32.8 Å². The Bertz CT molecular complexity index is 1060. The fraction of sp³-hybridized carbons (Fsp3) is 0.520. The SMILES string of the molecule is CC(C)(C)OC(=O)N1CCc2cc(N3CC(N4CCN(c5ncccn5)CC4)CC3=O)ccc21. The molecule has 4 heterocycles. The van der Waals surface area contributed by atoms with E-state index < -0.39 is 5.60 Å². The first-order valence-electron chi connectivity index (χ1n) is 12.0. The van der Waals surface area contributed by atoms with Gasteiger partial charge in [0.1, 0.15) is 5.60 Å². The van der Waals surface area contributed by atoms with Crippen molar-refractivity contribution in [1.29, 1.82) is 0 Å². The van der Waals surface area contributed by atoms with Crippen molar-refractivity contribution in [3.63, 3.8) is 0 Å². The number of amides is 2. The summed E-state index contributed by atoms with van der Waals surface area (Å²) in [5, 5.41) is 0. The van der Waals surface area contributed by atoms with Gasteiger partial charge < -0.3 is 14.5 Å². The molecular formula is C25H32N6O3. The average Bonchev–Trinajstić information content (AvgIpc) is 3.42. The van der Waals surface area contributed by atoms with Crippen LogP contribution in [0, 0.1) is 0 Å².